The summed E-state index contributed by atoms with van der Waals surface area (Å²) in [6.07, 6.45) is 2.40. The summed E-state index contributed by atoms with van der Waals surface area (Å²) in [7, 11) is 0. The number of aryl methyl sites for hydroxylation is 1. The number of amides is 1. The van der Waals surface area contributed by atoms with Crippen molar-refractivity contribution in [2.45, 2.75) is 58.5 Å². The molecule has 2 aliphatic rings. The summed E-state index contributed by atoms with van der Waals surface area (Å²) < 4.78 is 13.2. The molecular weight excluding hydrogens is 332 g/mol. The number of rotatable bonds is 4. The van der Waals surface area contributed by atoms with Gasteiger partial charge in [-0.3, -0.25) is 4.79 Å². The molecule has 26 heavy (non-hydrogen) atoms. The maximum absolute atomic E-state index is 13.3. The van der Waals surface area contributed by atoms with Crippen molar-refractivity contribution in [3.05, 3.63) is 34.7 Å². The number of carbonyl (C=O) groups excluding carboxylic acids is 1. The molecule has 7 heteroatoms. The van der Waals surface area contributed by atoms with Crippen LogP contribution in [0.5, 0.6) is 0 Å². The first kappa shape index (κ1) is 17.3. The normalized spacial score (nSPS) is 20.8. The van der Waals surface area contributed by atoms with Crippen LogP contribution in [0.1, 0.15) is 78.2 Å². The van der Waals surface area contributed by atoms with Crippen molar-refractivity contribution in [3.63, 3.8) is 0 Å². The van der Waals surface area contributed by atoms with Gasteiger partial charge < -0.3 is 18.7 Å². The maximum atomic E-state index is 13.3. The number of nitrogens with zero attached hydrogens (tertiary/aromatic N) is 4. The van der Waals surface area contributed by atoms with E-state index in [1.165, 1.54) is 12.8 Å². The van der Waals surface area contributed by atoms with Crippen LogP contribution in [0.25, 0.3) is 0 Å². The minimum absolute atomic E-state index is 0.0224. The lowest BCUT2D eigenvalue weighted by Gasteiger charge is -2.33. The van der Waals surface area contributed by atoms with Gasteiger partial charge in [-0.1, -0.05) is 19.0 Å². The standard InChI is InChI=1S/C19H26N4O3/c1-11(2)18-20-17(21-26-18)16-10-25-8-7-22(16)19(24)15-9-12(3)23(13(15)4)14-5-6-14/h9,11,14,16H,5-8,10H2,1-4H3/t16-/m1/s1. The number of carbonyl (C=O) groups is 1. The lowest BCUT2D eigenvalue weighted by molar-refractivity contribution is -0.00581. The molecule has 2 aromatic heterocycles. The van der Waals surface area contributed by atoms with Gasteiger partial charge in [-0.15, -0.1) is 0 Å². The van der Waals surface area contributed by atoms with E-state index < -0.39 is 0 Å². The summed E-state index contributed by atoms with van der Waals surface area (Å²) in [6, 6.07) is 2.26. The van der Waals surface area contributed by atoms with Crippen molar-refractivity contribution in [1.29, 1.82) is 0 Å². The van der Waals surface area contributed by atoms with Gasteiger partial charge in [0.25, 0.3) is 5.91 Å². The highest BCUT2D eigenvalue weighted by molar-refractivity contribution is 5.96. The average Bonchev–Trinajstić information content (AvgIpc) is 3.23. The van der Waals surface area contributed by atoms with Gasteiger partial charge in [0, 0.05) is 29.9 Å². The molecule has 0 bridgehead atoms. The van der Waals surface area contributed by atoms with E-state index in [4.69, 9.17) is 9.26 Å². The smallest absolute Gasteiger partial charge is 0.256 e. The van der Waals surface area contributed by atoms with Gasteiger partial charge in [-0.05, 0) is 32.8 Å². The van der Waals surface area contributed by atoms with Crippen LogP contribution in [-0.4, -0.2) is 45.3 Å². The first-order valence-corrected chi connectivity index (χ1v) is 9.38. The number of hydrogen-bond acceptors (Lipinski definition) is 5. The molecule has 0 spiro atoms. The van der Waals surface area contributed by atoms with Crippen LogP contribution in [0.3, 0.4) is 0 Å². The Balaban J connectivity index is 1.63. The van der Waals surface area contributed by atoms with Crippen LogP contribution >= 0.6 is 0 Å². The summed E-state index contributed by atoms with van der Waals surface area (Å²) >= 11 is 0. The van der Waals surface area contributed by atoms with Crippen molar-refractivity contribution in [2.24, 2.45) is 0 Å². The van der Waals surface area contributed by atoms with Crippen molar-refractivity contribution < 1.29 is 14.1 Å². The number of aromatic nitrogens is 3. The quantitative estimate of drug-likeness (QED) is 0.839. The highest BCUT2D eigenvalue weighted by Crippen LogP contribution is 2.39. The average molecular weight is 358 g/mol. The van der Waals surface area contributed by atoms with E-state index in [9.17, 15) is 4.79 Å². The van der Waals surface area contributed by atoms with E-state index in [2.05, 4.69) is 21.6 Å². The molecule has 1 aliphatic carbocycles. The molecule has 2 aromatic rings. The van der Waals surface area contributed by atoms with Crippen LogP contribution in [0, 0.1) is 13.8 Å². The Morgan fingerprint density at radius 3 is 2.73 bits per heavy atom. The molecule has 0 radical (unpaired) electrons. The zero-order valence-electron chi connectivity index (χ0n) is 15.9. The summed E-state index contributed by atoms with van der Waals surface area (Å²) in [5.74, 6) is 1.29. The minimum Gasteiger partial charge on any atom is -0.377 e. The lowest BCUT2D eigenvalue weighted by Crippen LogP contribution is -2.44. The fourth-order valence-electron chi connectivity index (χ4n) is 3.72. The van der Waals surface area contributed by atoms with E-state index in [0.717, 1.165) is 17.0 Å². The lowest BCUT2D eigenvalue weighted by atomic mass is 10.1. The second kappa shape index (κ2) is 6.54. The molecular formula is C19H26N4O3. The zero-order valence-corrected chi connectivity index (χ0v) is 15.9. The zero-order chi connectivity index (χ0) is 18.4. The van der Waals surface area contributed by atoms with Crippen LogP contribution in [0.4, 0.5) is 0 Å². The van der Waals surface area contributed by atoms with E-state index >= 15 is 0 Å². The summed E-state index contributed by atoms with van der Waals surface area (Å²) in [4.78, 5) is 19.6. The molecule has 7 nitrogen and oxygen atoms in total. The number of ether oxygens (including phenoxy) is 1. The third kappa shape index (κ3) is 2.94. The summed E-state index contributed by atoms with van der Waals surface area (Å²) in [6.45, 7) is 9.58. The molecule has 1 atom stereocenters. The molecule has 1 saturated carbocycles. The molecule has 1 saturated heterocycles. The van der Waals surface area contributed by atoms with Crippen molar-refractivity contribution in [3.8, 4) is 0 Å². The second-order valence-corrected chi connectivity index (χ2v) is 7.62. The molecule has 2 fully saturated rings. The van der Waals surface area contributed by atoms with Gasteiger partial charge >= 0.3 is 0 Å². The van der Waals surface area contributed by atoms with Crippen molar-refractivity contribution >= 4 is 5.91 Å². The Kier molecular flexibility index (Phi) is 4.34. The van der Waals surface area contributed by atoms with Gasteiger partial charge in [0.15, 0.2) is 5.82 Å². The van der Waals surface area contributed by atoms with Crippen LogP contribution in [0.2, 0.25) is 0 Å². The largest absolute Gasteiger partial charge is 0.377 e. The van der Waals surface area contributed by atoms with Gasteiger partial charge in [0.05, 0.1) is 18.8 Å². The number of hydrogen-bond donors (Lipinski definition) is 0. The van der Waals surface area contributed by atoms with E-state index in [-0.39, 0.29) is 17.9 Å². The highest BCUT2D eigenvalue weighted by Gasteiger charge is 2.35. The van der Waals surface area contributed by atoms with Crippen LogP contribution < -0.4 is 0 Å². The predicted octanol–water partition coefficient (Wildman–Crippen LogP) is 3.16. The molecule has 3 heterocycles. The molecule has 4 rings (SSSR count). The van der Waals surface area contributed by atoms with Crippen LogP contribution in [0.15, 0.2) is 10.6 Å². The van der Waals surface area contributed by atoms with Gasteiger partial charge in [-0.25, -0.2) is 0 Å². The van der Waals surface area contributed by atoms with Gasteiger partial charge in [0.2, 0.25) is 5.89 Å². The molecule has 0 unspecified atom stereocenters. The molecule has 0 aromatic carbocycles. The molecule has 140 valence electrons. The SMILES string of the molecule is Cc1cc(C(=O)N2CCOC[C@@H]2c2noc(C(C)C)n2)c(C)n1C1CC1. The Hall–Kier alpha value is -2.15. The third-order valence-corrected chi connectivity index (χ3v) is 5.27. The Morgan fingerprint density at radius 1 is 1.31 bits per heavy atom. The predicted molar refractivity (Wildman–Crippen MR) is 95.2 cm³/mol. The maximum Gasteiger partial charge on any atom is 0.256 e. The first-order valence-electron chi connectivity index (χ1n) is 9.38. The molecule has 1 amide bonds. The first-order chi connectivity index (χ1) is 12.5. The van der Waals surface area contributed by atoms with Gasteiger partial charge in [-0.2, -0.15) is 4.98 Å². The van der Waals surface area contributed by atoms with E-state index in [0.29, 0.717) is 37.5 Å². The molecule has 1 aliphatic heterocycles. The van der Waals surface area contributed by atoms with E-state index in [1.54, 1.807) is 0 Å². The second-order valence-electron chi connectivity index (χ2n) is 7.62. The van der Waals surface area contributed by atoms with Gasteiger partial charge in [0.1, 0.15) is 6.04 Å². The monoisotopic (exact) mass is 358 g/mol. The Bertz CT molecular complexity index is 819. The fourth-order valence-corrected chi connectivity index (χ4v) is 3.72. The minimum atomic E-state index is -0.309. The summed E-state index contributed by atoms with van der Waals surface area (Å²) in [5.41, 5.74) is 2.98. The third-order valence-electron chi connectivity index (χ3n) is 5.27. The van der Waals surface area contributed by atoms with E-state index in [1.807, 2.05) is 31.7 Å². The topological polar surface area (TPSA) is 73.4 Å². The Labute approximate surface area is 153 Å². The molecule has 0 N–H and O–H groups in total. The summed E-state index contributed by atoms with van der Waals surface area (Å²) in [5, 5.41) is 4.11. The highest BCUT2D eigenvalue weighted by atomic mass is 16.5. The fraction of sp³-hybridized carbons (Fsp3) is 0.632. The Morgan fingerprint density at radius 2 is 2.08 bits per heavy atom. The van der Waals surface area contributed by atoms with Crippen molar-refractivity contribution in [2.75, 3.05) is 19.8 Å². The van der Waals surface area contributed by atoms with Crippen LogP contribution in [-0.2, 0) is 4.74 Å². The number of morpholine rings is 1. The van der Waals surface area contributed by atoms with Crippen molar-refractivity contribution in [1.82, 2.24) is 19.6 Å².